The quantitative estimate of drug-likeness (QED) is 0.748. The summed E-state index contributed by atoms with van der Waals surface area (Å²) in [6.45, 7) is 3.99. The summed E-state index contributed by atoms with van der Waals surface area (Å²) in [5.41, 5.74) is 2.64. The number of hydrogen-bond acceptors (Lipinski definition) is 3. The molecule has 1 aromatic heterocycles. The zero-order valence-electron chi connectivity index (χ0n) is 9.77. The summed E-state index contributed by atoms with van der Waals surface area (Å²) in [4.78, 5) is 5.57. The molecule has 1 aromatic carbocycles. The van der Waals surface area contributed by atoms with Crippen LogP contribution in [0.3, 0.4) is 0 Å². The molecule has 0 aliphatic carbocycles. The van der Waals surface area contributed by atoms with Crippen molar-refractivity contribution in [2.75, 3.05) is 0 Å². The molecule has 0 fully saturated rings. The minimum atomic E-state index is 0.623. The Morgan fingerprint density at radius 3 is 2.53 bits per heavy atom. The third-order valence-electron chi connectivity index (χ3n) is 2.49. The number of nitriles is 1. The van der Waals surface area contributed by atoms with Crippen LogP contribution in [0.2, 0.25) is 0 Å². The molecule has 0 aliphatic heterocycles. The van der Waals surface area contributed by atoms with E-state index >= 15 is 0 Å². The van der Waals surface area contributed by atoms with Crippen molar-refractivity contribution in [3.8, 4) is 6.07 Å². The number of aryl methyl sites for hydroxylation is 2. The number of nitrogens with zero attached hydrogens (tertiary/aromatic N) is 2. The Labute approximate surface area is 105 Å². The van der Waals surface area contributed by atoms with E-state index < -0.39 is 0 Å². The highest BCUT2D eigenvalue weighted by Crippen LogP contribution is 2.24. The molecule has 0 radical (unpaired) electrons. The fourth-order valence-electron chi connectivity index (χ4n) is 1.45. The highest BCUT2D eigenvalue weighted by molar-refractivity contribution is 7.12. The molecule has 84 valence electrons. The summed E-state index contributed by atoms with van der Waals surface area (Å²) in [5.74, 6) is 0. The number of benzene rings is 1. The molecule has 0 aliphatic rings. The summed E-state index contributed by atoms with van der Waals surface area (Å²) >= 11 is 1.56. The standard InChI is InChI=1S/C14H12N2S/c1-10-11(2)17-14(16-10)13(9-15)8-12-6-4-3-5-7-12/h3-8H,1-2H3/b13-8+. The molecule has 0 N–H and O–H groups in total. The molecule has 3 heteroatoms. The SMILES string of the molecule is Cc1nc(/C(C#N)=C/c2ccccc2)sc1C. The number of thiazole rings is 1. The first-order chi connectivity index (χ1) is 8.20. The van der Waals surface area contributed by atoms with Crippen molar-refractivity contribution in [3.05, 3.63) is 51.5 Å². The van der Waals surface area contributed by atoms with Crippen LogP contribution in [-0.4, -0.2) is 4.98 Å². The lowest BCUT2D eigenvalue weighted by atomic mass is 10.1. The number of rotatable bonds is 2. The molecule has 2 aromatic rings. The fraction of sp³-hybridized carbons (Fsp3) is 0.143. The maximum Gasteiger partial charge on any atom is 0.134 e. The van der Waals surface area contributed by atoms with E-state index in [4.69, 9.17) is 0 Å². The Morgan fingerprint density at radius 2 is 2.00 bits per heavy atom. The first-order valence-electron chi connectivity index (χ1n) is 5.32. The molecule has 0 saturated carbocycles. The van der Waals surface area contributed by atoms with Gasteiger partial charge < -0.3 is 0 Å². The minimum absolute atomic E-state index is 0.623. The molecule has 2 rings (SSSR count). The lowest BCUT2D eigenvalue weighted by Crippen LogP contribution is -1.81. The lowest BCUT2D eigenvalue weighted by Gasteiger charge is -1.94. The molecule has 0 saturated heterocycles. The topological polar surface area (TPSA) is 36.7 Å². The zero-order valence-corrected chi connectivity index (χ0v) is 10.6. The van der Waals surface area contributed by atoms with Crippen LogP contribution in [0.25, 0.3) is 11.6 Å². The van der Waals surface area contributed by atoms with Gasteiger partial charge in [0.15, 0.2) is 0 Å². The second-order valence-corrected chi connectivity index (χ2v) is 4.94. The van der Waals surface area contributed by atoms with Gasteiger partial charge in [0.2, 0.25) is 0 Å². The molecule has 1 heterocycles. The predicted molar refractivity (Wildman–Crippen MR) is 71.5 cm³/mol. The molecule has 0 bridgehead atoms. The average Bonchev–Trinajstić information content (AvgIpc) is 2.68. The van der Waals surface area contributed by atoms with E-state index in [1.807, 2.05) is 50.3 Å². The summed E-state index contributed by atoms with van der Waals surface area (Å²) in [7, 11) is 0. The van der Waals surface area contributed by atoms with E-state index in [-0.39, 0.29) is 0 Å². The smallest absolute Gasteiger partial charge is 0.134 e. The highest BCUT2D eigenvalue weighted by Gasteiger charge is 2.08. The summed E-state index contributed by atoms with van der Waals surface area (Å²) in [6.07, 6.45) is 1.87. The number of allylic oxidation sites excluding steroid dienone is 1. The molecular formula is C14H12N2S. The van der Waals surface area contributed by atoms with Gasteiger partial charge in [0.05, 0.1) is 11.3 Å². The van der Waals surface area contributed by atoms with E-state index in [2.05, 4.69) is 11.1 Å². The van der Waals surface area contributed by atoms with Gasteiger partial charge in [0.1, 0.15) is 11.1 Å². The van der Waals surface area contributed by atoms with Crippen LogP contribution < -0.4 is 0 Å². The van der Waals surface area contributed by atoms with Gasteiger partial charge in [0, 0.05) is 4.88 Å². The largest absolute Gasteiger partial charge is 0.240 e. The van der Waals surface area contributed by atoms with Gasteiger partial charge in [-0.1, -0.05) is 30.3 Å². The Hall–Kier alpha value is -1.92. The lowest BCUT2D eigenvalue weighted by molar-refractivity contribution is 1.21. The Balaban J connectivity index is 2.41. The van der Waals surface area contributed by atoms with Crippen LogP contribution >= 0.6 is 11.3 Å². The first-order valence-corrected chi connectivity index (χ1v) is 6.13. The molecule has 0 amide bonds. The Bertz CT molecular complexity index is 569. The van der Waals surface area contributed by atoms with Gasteiger partial charge in [-0.15, -0.1) is 11.3 Å². The second-order valence-electron chi connectivity index (χ2n) is 3.74. The van der Waals surface area contributed by atoms with Crippen molar-refractivity contribution in [2.45, 2.75) is 13.8 Å². The van der Waals surface area contributed by atoms with E-state index in [0.717, 1.165) is 21.1 Å². The number of hydrogen-bond donors (Lipinski definition) is 0. The van der Waals surface area contributed by atoms with Gasteiger partial charge in [-0.25, -0.2) is 4.98 Å². The zero-order chi connectivity index (χ0) is 12.3. The average molecular weight is 240 g/mol. The van der Waals surface area contributed by atoms with Crippen molar-refractivity contribution in [3.63, 3.8) is 0 Å². The van der Waals surface area contributed by atoms with E-state index in [0.29, 0.717) is 5.57 Å². The summed E-state index contributed by atoms with van der Waals surface area (Å²) in [6, 6.07) is 12.0. The summed E-state index contributed by atoms with van der Waals surface area (Å²) < 4.78 is 0. The molecule has 2 nitrogen and oxygen atoms in total. The molecule has 0 atom stereocenters. The van der Waals surface area contributed by atoms with Crippen molar-refractivity contribution in [1.29, 1.82) is 5.26 Å². The van der Waals surface area contributed by atoms with Gasteiger partial charge in [-0.3, -0.25) is 0 Å². The molecule has 0 unspecified atom stereocenters. The van der Waals surface area contributed by atoms with Crippen LogP contribution in [-0.2, 0) is 0 Å². The van der Waals surface area contributed by atoms with Crippen molar-refractivity contribution in [1.82, 2.24) is 4.98 Å². The monoisotopic (exact) mass is 240 g/mol. The van der Waals surface area contributed by atoms with Crippen LogP contribution in [0, 0.1) is 25.2 Å². The fourth-order valence-corrected chi connectivity index (χ4v) is 2.33. The third kappa shape index (κ3) is 2.61. The maximum absolute atomic E-state index is 9.19. The van der Waals surface area contributed by atoms with Crippen LogP contribution in [0.15, 0.2) is 30.3 Å². The second kappa shape index (κ2) is 4.94. The predicted octanol–water partition coefficient (Wildman–Crippen LogP) is 3.82. The van der Waals surface area contributed by atoms with Crippen molar-refractivity contribution >= 4 is 23.0 Å². The Morgan fingerprint density at radius 1 is 1.29 bits per heavy atom. The molecular weight excluding hydrogens is 228 g/mol. The van der Waals surface area contributed by atoms with E-state index in [9.17, 15) is 5.26 Å². The van der Waals surface area contributed by atoms with Crippen LogP contribution in [0.4, 0.5) is 0 Å². The molecule has 17 heavy (non-hydrogen) atoms. The minimum Gasteiger partial charge on any atom is -0.240 e. The van der Waals surface area contributed by atoms with Crippen molar-refractivity contribution in [2.24, 2.45) is 0 Å². The van der Waals surface area contributed by atoms with Gasteiger partial charge in [-0.05, 0) is 25.5 Å². The Kier molecular flexibility index (Phi) is 3.36. The summed E-state index contributed by atoms with van der Waals surface area (Å²) in [5, 5.41) is 9.99. The normalized spacial score (nSPS) is 11.2. The van der Waals surface area contributed by atoms with Crippen LogP contribution in [0.1, 0.15) is 21.1 Å². The van der Waals surface area contributed by atoms with Gasteiger partial charge in [0.25, 0.3) is 0 Å². The van der Waals surface area contributed by atoms with Crippen LogP contribution in [0.5, 0.6) is 0 Å². The van der Waals surface area contributed by atoms with Gasteiger partial charge in [-0.2, -0.15) is 5.26 Å². The van der Waals surface area contributed by atoms with E-state index in [1.54, 1.807) is 11.3 Å². The first kappa shape index (κ1) is 11.6. The van der Waals surface area contributed by atoms with E-state index in [1.165, 1.54) is 0 Å². The van der Waals surface area contributed by atoms with Gasteiger partial charge >= 0.3 is 0 Å². The third-order valence-corrected chi connectivity index (χ3v) is 3.60. The molecule has 0 spiro atoms. The highest BCUT2D eigenvalue weighted by atomic mass is 32.1. The van der Waals surface area contributed by atoms with Crippen molar-refractivity contribution < 1.29 is 0 Å². The number of aromatic nitrogens is 1. The maximum atomic E-state index is 9.19.